The Morgan fingerprint density at radius 2 is 1.33 bits per heavy atom. The second-order valence-electron chi connectivity index (χ2n) is 4.60. The first-order valence-electron chi connectivity index (χ1n) is 5.25. The topological polar surface area (TPSA) is 0 Å². The SMILES string of the molecule is CC(C)C1CCC(C(C)Br)CC1. The van der Waals surface area contributed by atoms with E-state index in [0.717, 1.165) is 22.6 Å². The molecule has 1 aliphatic rings. The molecular weight excluding hydrogens is 212 g/mol. The predicted molar refractivity (Wildman–Crippen MR) is 58.7 cm³/mol. The third-order valence-corrected chi connectivity index (χ3v) is 4.16. The molecule has 0 aromatic heterocycles. The average molecular weight is 233 g/mol. The van der Waals surface area contributed by atoms with Gasteiger partial charge in [-0.3, -0.25) is 0 Å². The third kappa shape index (κ3) is 2.76. The van der Waals surface area contributed by atoms with Crippen LogP contribution in [0, 0.1) is 17.8 Å². The molecule has 1 atom stereocenters. The maximum absolute atomic E-state index is 3.69. The molecule has 1 unspecified atom stereocenters. The van der Waals surface area contributed by atoms with E-state index in [1.54, 1.807) is 0 Å². The van der Waals surface area contributed by atoms with E-state index in [1.807, 2.05) is 0 Å². The molecule has 0 bridgehead atoms. The van der Waals surface area contributed by atoms with E-state index in [9.17, 15) is 0 Å². The quantitative estimate of drug-likeness (QED) is 0.626. The molecule has 0 aromatic rings. The van der Waals surface area contributed by atoms with Gasteiger partial charge in [0.25, 0.3) is 0 Å². The third-order valence-electron chi connectivity index (χ3n) is 3.41. The molecule has 72 valence electrons. The minimum absolute atomic E-state index is 0.727. The summed E-state index contributed by atoms with van der Waals surface area (Å²) >= 11 is 3.69. The molecule has 0 spiro atoms. The van der Waals surface area contributed by atoms with Crippen molar-refractivity contribution in [2.75, 3.05) is 0 Å². The molecule has 0 heterocycles. The van der Waals surface area contributed by atoms with Crippen LogP contribution in [-0.4, -0.2) is 4.83 Å². The fraction of sp³-hybridized carbons (Fsp3) is 1.00. The first-order chi connectivity index (χ1) is 5.61. The molecule has 1 fully saturated rings. The van der Waals surface area contributed by atoms with Gasteiger partial charge in [-0.1, -0.05) is 36.7 Å². The zero-order valence-corrected chi connectivity index (χ0v) is 10.1. The molecule has 12 heavy (non-hydrogen) atoms. The largest absolute Gasteiger partial charge is 0.0891 e. The average Bonchev–Trinajstić information content (AvgIpc) is 2.04. The number of hydrogen-bond acceptors (Lipinski definition) is 0. The Bertz CT molecular complexity index is 105. The van der Waals surface area contributed by atoms with Crippen molar-refractivity contribution in [2.24, 2.45) is 17.8 Å². The van der Waals surface area contributed by atoms with Gasteiger partial charge in [-0.25, -0.2) is 0 Å². The second kappa shape index (κ2) is 4.64. The standard InChI is InChI=1S/C11H21Br/c1-8(2)10-4-6-11(7-5-10)9(3)12/h8-11H,4-7H2,1-3H3. The van der Waals surface area contributed by atoms with E-state index in [2.05, 4.69) is 36.7 Å². The van der Waals surface area contributed by atoms with Crippen molar-refractivity contribution in [3.63, 3.8) is 0 Å². The molecule has 0 aromatic carbocycles. The van der Waals surface area contributed by atoms with E-state index >= 15 is 0 Å². The molecule has 1 saturated carbocycles. The molecule has 0 radical (unpaired) electrons. The predicted octanol–water partition coefficient (Wildman–Crippen LogP) is 4.23. The summed E-state index contributed by atoms with van der Waals surface area (Å²) in [5.41, 5.74) is 0. The molecular formula is C11H21Br. The van der Waals surface area contributed by atoms with Crippen molar-refractivity contribution < 1.29 is 0 Å². The summed E-state index contributed by atoms with van der Waals surface area (Å²) in [6, 6.07) is 0. The van der Waals surface area contributed by atoms with Crippen molar-refractivity contribution in [1.82, 2.24) is 0 Å². The van der Waals surface area contributed by atoms with Crippen molar-refractivity contribution in [1.29, 1.82) is 0 Å². The van der Waals surface area contributed by atoms with Crippen molar-refractivity contribution in [3.05, 3.63) is 0 Å². The smallest absolute Gasteiger partial charge is 0.0145 e. The first-order valence-corrected chi connectivity index (χ1v) is 6.17. The minimum atomic E-state index is 0.727. The molecule has 0 nitrogen and oxygen atoms in total. The lowest BCUT2D eigenvalue weighted by Gasteiger charge is -2.32. The Labute approximate surface area is 85.3 Å². The van der Waals surface area contributed by atoms with Gasteiger partial charge in [-0.2, -0.15) is 0 Å². The highest BCUT2D eigenvalue weighted by Crippen LogP contribution is 2.36. The summed E-state index contributed by atoms with van der Waals surface area (Å²) in [5, 5.41) is 0. The van der Waals surface area contributed by atoms with Gasteiger partial charge in [0.1, 0.15) is 0 Å². The van der Waals surface area contributed by atoms with Crippen LogP contribution in [0.25, 0.3) is 0 Å². The van der Waals surface area contributed by atoms with Crippen molar-refractivity contribution in [2.45, 2.75) is 51.3 Å². The normalized spacial score (nSPS) is 33.8. The van der Waals surface area contributed by atoms with Gasteiger partial charge < -0.3 is 0 Å². The van der Waals surface area contributed by atoms with Crippen molar-refractivity contribution in [3.8, 4) is 0 Å². The van der Waals surface area contributed by atoms with Crippen LogP contribution < -0.4 is 0 Å². The number of hydrogen-bond donors (Lipinski definition) is 0. The lowest BCUT2D eigenvalue weighted by atomic mass is 9.76. The first kappa shape index (κ1) is 10.6. The summed E-state index contributed by atoms with van der Waals surface area (Å²) < 4.78 is 0. The maximum atomic E-state index is 3.69. The maximum Gasteiger partial charge on any atom is 0.0145 e. The highest BCUT2D eigenvalue weighted by Gasteiger charge is 2.25. The van der Waals surface area contributed by atoms with E-state index in [1.165, 1.54) is 25.7 Å². The fourth-order valence-electron chi connectivity index (χ4n) is 2.27. The van der Waals surface area contributed by atoms with Crippen molar-refractivity contribution >= 4 is 15.9 Å². The number of rotatable bonds is 2. The Hall–Kier alpha value is 0.480. The Morgan fingerprint density at radius 1 is 0.917 bits per heavy atom. The Morgan fingerprint density at radius 3 is 1.67 bits per heavy atom. The molecule has 0 saturated heterocycles. The van der Waals surface area contributed by atoms with Gasteiger partial charge in [0.05, 0.1) is 0 Å². The number of alkyl halides is 1. The van der Waals surface area contributed by atoms with Crippen LogP contribution in [0.1, 0.15) is 46.5 Å². The van der Waals surface area contributed by atoms with E-state index in [0.29, 0.717) is 0 Å². The highest BCUT2D eigenvalue weighted by molar-refractivity contribution is 9.09. The minimum Gasteiger partial charge on any atom is -0.0891 e. The van der Waals surface area contributed by atoms with Crippen LogP contribution in [0.2, 0.25) is 0 Å². The molecule has 1 heteroatoms. The van der Waals surface area contributed by atoms with E-state index in [4.69, 9.17) is 0 Å². The molecule has 0 amide bonds. The number of halogens is 1. The van der Waals surface area contributed by atoms with Crippen LogP contribution in [-0.2, 0) is 0 Å². The zero-order chi connectivity index (χ0) is 9.14. The van der Waals surface area contributed by atoms with Gasteiger partial charge in [0, 0.05) is 4.83 Å². The van der Waals surface area contributed by atoms with Gasteiger partial charge in [-0.15, -0.1) is 0 Å². The van der Waals surface area contributed by atoms with E-state index in [-0.39, 0.29) is 0 Å². The highest BCUT2D eigenvalue weighted by atomic mass is 79.9. The van der Waals surface area contributed by atoms with Crippen LogP contribution >= 0.6 is 15.9 Å². The molecule has 0 aliphatic heterocycles. The van der Waals surface area contributed by atoms with E-state index < -0.39 is 0 Å². The monoisotopic (exact) mass is 232 g/mol. The molecule has 1 rings (SSSR count). The van der Waals surface area contributed by atoms with Gasteiger partial charge in [0.2, 0.25) is 0 Å². The molecule has 0 N–H and O–H groups in total. The second-order valence-corrected chi connectivity index (χ2v) is 6.04. The summed E-state index contributed by atoms with van der Waals surface area (Å²) in [4.78, 5) is 0.727. The lowest BCUT2D eigenvalue weighted by Crippen LogP contribution is -2.22. The van der Waals surface area contributed by atoms with Crippen LogP contribution in [0.4, 0.5) is 0 Å². The van der Waals surface area contributed by atoms with Gasteiger partial charge in [-0.05, 0) is 43.4 Å². The fourth-order valence-corrected chi connectivity index (χ4v) is 2.80. The van der Waals surface area contributed by atoms with Gasteiger partial charge in [0.15, 0.2) is 0 Å². The molecule has 1 aliphatic carbocycles. The van der Waals surface area contributed by atoms with Gasteiger partial charge >= 0.3 is 0 Å². The van der Waals surface area contributed by atoms with Crippen LogP contribution in [0.5, 0.6) is 0 Å². The Balaban J connectivity index is 2.30. The lowest BCUT2D eigenvalue weighted by molar-refractivity contribution is 0.225. The summed E-state index contributed by atoms with van der Waals surface area (Å²) in [6.07, 6.45) is 5.79. The zero-order valence-electron chi connectivity index (χ0n) is 8.52. The summed E-state index contributed by atoms with van der Waals surface area (Å²) in [6.45, 7) is 7.02. The van der Waals surface area contributed by atoms with Crippen LogP contribution in [0.3, 0.4) is 0 Å². The van der Waals surface area contributed by atoms with Crippen LogP contribution in [0.15, 0.2) is 0 Å². The summed E-state index contributed by atoms with van der Waals surface area (Å²) in [7, 11) is 0. The summed E-state index contributed by atoms with van der Waals surface area (Å²) in [5.74, 6) is 2.85. The Kier molecular flexibility index (Phi) is 4.09.